The highest BCUT2D eigenvalue weighted by Gasteiger charge is 2.16. The Morgan fingerprint density at radius 2 is 2.23 bits per heavy atom. The van der Waals surface area contributed by atoms with E-state index in [-0.39, 0.29) is 11.9 Å². The van der Waals surface area contributed by atoms with Gasteiger partial charge in [0.05, 0.1) is 0 Å². The van der Waals surface area contributed by atoms with Crippen molar-refractivity contribution >= 4 is 11.9 Å². The first-order chi connectivity index (χ1) is 6.18. The number of hydrogen-bond acceptors (Lipinski definition) is 3. The molecule has 13 heavy (non-hydrogen) atoms. The van der Waals surface area contributed by atoms with Crippen LogP contribution in [-0.2, 0) is 4.79 Å². The SMILES string of the molecule is NC(=O)NC(=O)CC1CCCCN1. The largest absolute Gasteiger partial charge is 0.351 e. The number of nitrogens with one attached hydrogen (secondary N) is 2. The van der Waals surface area contributed by atoms with Crippen molar-refractivity contribution in [1.82, 2.24) is 10.6 Å². The highest BCUT2D eigenvalue weighted by Crippen LogP contribution is 2.09. The van der Waals surface area contributed by atoms with Crippen LogP contribution >= 0.6 is 0 Å². The molecule has 3 amide bonds. The number of carbonyl (C=O) groups is 2. The summed E-state index contributed by atoms with van der Waals surface area (Å²) in [6.07, 6.45) is 3.63. The topological polar surface area (TPSA) is 84.2 Å². The molecule has 0 aliphatic carbocycles. The standard InChI is InChI=1S/C8H15N3O2/c9-8(13)11-7(12)5-6-3-1-2-4-10-6/h6,10H,1-5H2,(H3,9,11,12,13). The summed E-state index contributed by atoms with van der Waals surface area (Å²) in [7, 11) is 0. The molecular formula is C8H15N3O2. The normalized spacial score (nSPS) is 22.3. The van der Waals surface area contributed by atoms with Crippen molar-refractivity contribution in [2.75, 3.05) is 6.54 Å². The molecule has 1 aliphatic heterocycles. The van der Waals surface area contributed by atoms with Crippen LogP contribution < -0.4 is 16.4 Å². The summed E-state index contributed by atoms with van der Waals surface area (Å²) in [6, 6.07) is -0.575. The van der Waals surface area contributed by atoms with Gasteiger partial charge in [0.25, 0.3) is 0 Å². The molecule has 1 atom stereocenters. The quantitative estimate of drug-likeness (QED) is 0.553. The van der Waals surface area contributed by atoms with Gasteiger partial charge in [0.1, 0.15) is 0 Å². The lowest BCUT2D eigenvalue weighted by molar-refractivity contribution is -0.120. The van der Waals surface area contributed by atoms with Gasteiger partial charge in [-0.3, -0.25) is 10.1 Å². The monoisotopic (exact) mass is 185 g/mol. The summed E-state index contributed by atoms with van der Waals surface area (Å²) in [4.78, 5) is 21.4. The average Bonchev–Trinajstić information content (AvgIpc) is 2.04. The molecule has 0 aromatic carbocycles. The lowest BCUT2D eigenvalue weighted by Gasteiger charge is -2.22. The first kappa shape index (κ1) is 9.98. The Bertz CT molecular complexity index is 200. The second-order valence-electron chi connectivity index (χ2n) is 3.26. The van der Waals surface area contributed by atoms with Gasteiger partial charge in [-0.25, -0.2) is 4.79 Å². The first-order valence-electron chi connectivity index (χ1n) is 4.51. The minimum Gasteiger partial charge on any atom is -0.351 e. The summed E-state index contributed by atoms with van der Waals surface area (Å²) >= 11 is 0. The van der Waals surface area contributed by atoms with E-state index in [0.29, 0.717) is 6.42 Å². The molecule has 0 saturated carbocycles. The predicted molar refractivity (Wildman–Crippen MR) is 48.0 cm³/mol. The molecule has 1 unspecified atom stereocenters. The predicted octanol–water partition coefficient (Wildman–Crippen LogP) is -0.287. The fourth-order valence-corrected chi connectivity index (χ4v) is 1.51. The lowest BCUT2D eigenvalue weighted by Crippen LogP contribution is -2.41. The van der Waals surface area contributed by atoms with Crippen molar-refractivity contribution in [3.8, 4) is 0 Å². The Balaban J connectivity index is 2.22. The van der Waals surface area contributed by atoms with Gasteiger partial charge in [0, 0.05) is 12.5 Å². The van der Waals surface area contributed by atoms with Crippen LogP contribution in [0.5, 0.6) is 0 Å². The minimum absolute atomic E-state index is 0.202. The fourth-order valence-electron chi connectivity index (χ4n) is 1.51. The van der Waals surface area contributed by atoms with Crippen molar-refractivity contribution in [2.24, 2.45) is 5.73 Å². The molecule has 0 bridgehead atoms. The number of hydrogen-bond donors (Lipinski definition) is 3. The van der Waals surface area contributed by atoms with Gasteiger partial charge in [0.2, 0.25) is 5.91 Å². The van der Waals surface area contributed by atoms with Crippen LogP contribution in [-0.4, -0.2) is 24.5 Å². The zero-order valence-corrected chi connectivity index (χ0v) is 7.51. The molecule has 1 rings (SSSR count). The van der Waals surface area contributed by atoms with Crippen LogP contribution in [0.15, 0.2) is 0 Å². The van der Waals surface area contributed by atoms with Gasteiger partial charge in [0.15, 0.2) is 0 Å². The number of urea groups is 1. The minimum atomic E-state index is -0.777. The number of amides is 3. The first-order valence-corrected chi connectivity index (χ1v) is 4.51. The molecule has 1 saturated heterocycles. The molecule has 0 aromatic rings. The van der Waals surface area contributed by atoms with Gasteiger partial charge in [-0.15, -0.1) is 0 Å². The smallest absolute Gasteiger partial charge is 0.318 e. The maximum Gasteiger partial charge on any atom is 0.318 e. The van der Waals surface area contributed by atoms with Crippen LogP contribution in [0.25, 0.3) is 0 Å². The van der Waals surface area contributed by atoms with E-state index in [2.05, 4.69) is 5.32 Å². The molecule has 4 N–H and O–H groups in total. The Morgan fingerprint density at radius 1 is 1.46 bits per heavy atom. The van der Waals surface area contributed by atoms with Crippen molar-refractivity contribution in [2.45, 2.75) is 31.7 Å². The summed E-state index contributed by atoms with van der Waals surface area (Å²) < 4.78 is 0. The third-order valence-electron chi connectivity index (χ3n) is 2.11. The van der Waals surface area contributed by atoms with Gasteiger partial charge in [-0.2, -0.15) is 0 Å². The third-order valence-corrected chi connectivity index (χ3v) is 2.11. The molecule has 5 nitrogen and oxygen atoms in total. The molecule has 1 aliphatic rings. The molecule has 74 valence electrons. The van der Waals surface area contributed by atoms with Gasteiger partial charge < -0.3 is 11.1 Å². The summed E-state index contributed by atoms with van der Waals surface area (Å²) in [5.41, 5.74) is 4.81. The van der Waals surface area contributed by atoms with Crippen molar-refractivity contribution in [3.63, 3.8) is 0 Å². The highest BCUT2D eigenvalue weighted by atomic mass is 16.2. The average molecular weight is 185 g/mol. The van der Waals surface area contributed by atoms with E-state index in [1.165, 1.54) is 0 Å². The fraction of sp³-hybridized carbons (Fsp3) is 0.750. The van der Waals surface area contributed by atoms with Crippen molar-refractivity contribution < 1.29 is 9.59 Å². The van der Waals surface area contributed by atoms with Crippen LogP contribution in [0, 0.1) is 0 Å². The Labute approximate surface area is 77.1 Å². The zero-order valence-electron chi connectivity index (χ0n) is 7.51. The van der Waals surface area contributed by atoms with Crippen molar-refractivity contribution in [3.05, 3.63) is 0 Å². The van der Waals surface area contributed by atoms with E-state index < -0.39 is 6.03 Å². The Kier molecular flexibility index (Phi) is 3.70. The van der Waals surface area contributed by atoms with E-state index in [1.807, 2.05) is 5.32 Å². The second-order valence-corrected chi connectivity index (χ2v) is 3.26. The van der Waals surface area contributed by atoms with Gasteiger partial charge in [-0.1, -0.05) is 6.42 Å². The second kappa shape index (κ2) is 4.81. The number of nitrogens with two attached hydrogens (primary N) is 1. The Hall–Kier alpha value is -1.10. The summed E-state index contributed by atoms with van der Waals surface area (Å²) in [5.74, 6) is -0.299. The maximum atomic E-state index is 11.1. The van der Waals surface area contributed by atoms with E-state index in [0.717, 1.165) is 25.8 Å². The number of carbonyl (C=O) groups excluding carboxylic acids is 2. The Morgan fingerprint density at radius 3 is 2.77 bits per heavy atom. The molecule has 1 heterocycles. The van der Waals surface area contributed by atoms with Crippen LogP contribution in [0.2, 0.25) is 0 Å². The number of rotatable bonds is 2. The van der Waals surface area contributed by atoms with Gasteiger partial charge >= 0.3 is 6.03 Å². The molecule has 0 spiro atoms. The van der Waals surface area contributed by atoms with E-state index >= 15 is 0 Å². The summed E-state index contributed by atoms with van der Waals surface area (Å²) in [6.45, 7) is 0.953. The summed E-state index contributed by atoms with van der Waals surface area (Å²) in [5, 5.41) is 5.26. The van der Waals surface area contributed by atoms with Crippen LogP contribution in [0.3, 0.4) is 0 Å². The molecule has 1 fully saturated rings. The molecule has 0 radical (unpaired) electrons. The molecule has 0 aromatic heterocycles. The van der Waals surface area contributed by atoms with Crippen LogP contribution in [0.1, 0.15) is 25.7 Å². The van der Waals surface area contributed by atoms with E-state index in [1.54, 1.807) is 0 Å². The number of piperidine rings is 1. The molecular weight excluding hydrogens is 170 g/mol. The molecule has 5 heteroatoms. The van der Waals surface area contributed by atoms with Crippen LogP contribution in [0.4, 0.5) is 4.79 Å². The van der Waals surface area contributed by atoms with Crippen molar-refractivity contribution in [1.29, 1.82) is 0 Å². The zero-order chi connectivity index (χ0) is 9.68. The number of primary amides is 1. The third kappa shape index (κ3) is 3.89. The number of imide groups is 1. The highest BCUT2D eigenvalue weighted by molar-refractivity contribution is 5.93. The maximum absolute atomic E-state index is 11.1. The van der Waals surface area contributed by atoms with Gasteiger partial charge in [-0.05, 0) is 19.4 Å². The van der Waals surface area contributed by atoms with E-state index in [4.69, 9.17) is 5.73 Å². The van der Waals surface area contributed by atoms with E-state index in [9.17, 15) is 9.59 Å². The lowest BCUT2D eigenvalue weighted by atomic mass is 10.0.